The predicted molar refractivity (Wildman–Crippen MR) is 69.9 cm³/mol. The lowest BCUT2D eigenvalue weighted by Crippen LogP contribution is -2.30. The molecule has 0 aromatic carbocycles. The lowest BCUT2D eigenvalue weighted by Gasteiger charge is -2.21. The van der Waals surface area contributed by atoms with E-state index in [0.29, 0.717) is 12.3 Å². The van der Waals surface area contributed by atoms with Gasteiger partial charge < -0.3 is 10.1 Å². The molecule has 0 amide bonds. The average molecular weight is 241 g/mol. The van der Waals surface area contributed by atoms with Gasteiger partial charge >= 0.3 is 5.97 Å². The van der Waals surface area contributed by atoms with Crippen molar-refractivity contribution in [1.29, 1.82) is 0 Å². The third kappa shape index (κ3) is 6.67. The molecule has 0 aliphatic heterocycles. The number of hydrogen-bond donors (Lipinski definition) is 1. The highest BCUT2D eigenvalue weighted by Gasteiger charge is 2.19. The molecule has 1 saturated carbocycles. The minimum atomic E-state index is -0.0114. The first-order chi connectivity index (χ1) is 8.22. The summed E-state index contributed by atoms with van der Waals surface area (Å²) in [7, 11) is 0. The van der Waals surface area contributed by atoms with Crippen LogP contribution in [0.25, 0.3) is 0 Å². The van der Waals surface area contributed by atoms with E-state index in [0.717, 1.165) is 19.5 Å². The van der Waals surface area contributed by atoms with Gasteiger partial charge in [0.05, 0.1) is 0 Å². The van der Waals surface area contributed by atoms with E-state index in [2.05, 4.69) is 12.2 Å². The Morgan fingerprint density at radius 2 is 2.06 bits per heavy atom. The maximum atomic E-state index is 11.7. The largest absolute Gasteiger partial charge is 0.461 e. The van der Waals surface area contributed by atoms with E-state index in [9.17, 15) is 4.79 Å². The van der Waals surface area contributed by atoms with Crippen molar-refractivity contribution in [2.45, 2.75) is 64.9 Å². The quantitative estimate of drug-likeness (QED) is 0.550. The van der Waals surface area contributed by atoms with Gasteiger partial charge in [-0.1, -0.05) is 26.2 Å². The molecule has 100 valence electrons. The number of carbonyl (C=O) groups is 1. The van der Waals surface area contributed by atoms with Crippen molar-refractivity contribution < 1.29 is 9.53 Å². The van der Waals surface area contributed by atoms with Crippen LogP contribution in [0.2, 0.25) is 0 Å². The summed E-state index contributed by atoms with van der Waals surface area (Å²) in [5.74, 6) is 0.565. The van der Waals surface area contributed by atoms with Gasteiger partial charge in [-0.3, -0.25) is 4.79 Å². The van der Waals surface area contributed by atoms with Gasteiger partial charge in [-0.15, -0.1) is 0 Å². The molecule has 3 heteroatoms. The lowest BCUT2D eigenvalue weighted by atomic mass is 9.87. The molecule has 17 heavy (non-hydrogen) atoms. The van der Waals surface area contributed by atoms with Crippen LogP contribution >= 0.6 is 0 Å². The Hall–Kier alpha value is -0.570. The van der Waals surface area contributed by atoms with E-state index < -0.39 is 0 Å². The second-order valence-corrected chi connectivity index (χ2v) is 5.21. The molecule has 1 aliphatic rings. The molecule has 0 spiro atoms. The molecule has 0 heterocycles. The fraction of sp³-hybridized carbons (Fsp3) is 0.929. The number of nitrogens with one attached hydrogen (secondary N) is 1. The van der Waals surface area contributed by atoms with Gasteiger partial charge in [-0.2, -0.15) is 0 Å². The van der Waals surface area contributed by atoms with Crippen molar-refractivity contribution in [3.63, 3.8) is 0 Å². The first-order valence-electron chi connectivity index (χ1n) is 7.12. The van der Waals surface area contributed by atoms with Crippen molar-refractivity contribution in [2.24, 2.45) is 5.92 Å². The SMILES string of the molecule is CCCNCC(C)OC(=O)CC1CCCCC1. The minimum Gasteiger partial charge on any atom is -0.461 e. The summed E-state index contributed by atoms with van der Waals surface area (Å²) >= 11 is 0. The summed E-state index contributed by atoms with van der Waals surface area (Å²) in [4.78, 5) is 11.7. The zero-order valence-corrected chi connectivity index (χ0v) is 11.3. The molecule has 0 saturated heterocycles. The highest BCUT2D eigenvalue weighted by Crippen LogP contribution is 2.26. The fourth-order valence-electron chi connectivity index (χ4n) is 2.42. The monoisotopic (exact) mass is 241 g/mol. The molecule has 1 aliphatic carbocycles. The molecule has 1 rings (SSSR count). The highest BCUT2D eigenvalue weighted by atomic mass is 16.5. The standard InChI is InChI=1S/C14H27NO2/c1-3-9-15-11-12(2)17-14(16)10-13-7-5-4-6-8-13/h12-13,15H,3-11H2,1-2H3. The van der Waals surface area contributed by atoms with Gasteiger partial charge in [0.15, 0.2) is 0 Å². The van der Waals surface area contributed by atoms with Crippen LogP contribution in [0.1, 0.15) is 58.8 Å². The van der Waals surface area contributed by atoms with E-state index in [-0.39, 0.29) is 12.1 Å². The van der Waals surface area contributed by atoms with E-state index >= 15 is 0 Å². The third-order valence-corrected chi connectivity index (χ3v) is 3.37. The van der Waals surface area contributed by atoms with E-state index in [1.165, 1.54) is 32.1 Å². The van der Waals surface area contributed by atoms with Crippen LogP contribution in [0.5, 0.6) is 0 Å². The van der Waals surface area contributed by atoms with Crippen molar-refractivity contribution in [1.82, 2.24) is 5.32 Å². The van der Waals surface area contributed by atoms with Crippen LogP contribution in [0.3, 0.4) is 0 Å². The van der Waals surface area contributed by atoms with Crippen molar-refractivity contribution >= 4 is 5.97 Å². The summed E-state index contributed by atoms with van der Waals surface area (Å²) in [6, 6.07) is 0. The van der Waals surface area contributed by atoms with Gasteiger partial charge in [-0.05, 0) is 38.6 Å². The van der Waals surface area contributed by atoms with Crippen molar-refractivity contribution in [3.05, 3.63) is 0 Å². The summed E-state index contributed by atoms with van der Waals surface area (Å²) < 4.78 is 5.40. The number of rotatable bonds is 7. The predicted octanol–water partition coefficient (Wildman–Crippen LogP) is 2.89. The number of hydrogen-bond acceptors (Lipinski definition) is 3. The van der Waals surface area contributed by atoms with E-state index in [1.807, 2.05) is 6.92 Å². The Balaban J connectivity index is 2.10. The topological polar surface area (TPSA) is 38.3 Å². The van der Waals surface area contributed by atoms with Crippen LogP contribution < -0.4 is 5.32 Å². The van der Waals surface area contributed by atoms with Crippen molar-refractivity contribution in [2.75, 3.05) is 13.1 Å². The maximum absolute atomic E-state index is 11.7. The first-order valence-corrected chi connectivity index (χ1v) is 7.12. The van der Waals surface area contributed by atoms with Gasteiger partial charge in [-0.25, -0.2) is 0 Å². The molecule has 0 aromatic rings. The molecule has 0 radical (unpaired) electrons. The molecular formula is C14H27NO2. The molecule has 3 nitrogen and oxygen atoms in total. The third-order valence-electron chi connectivity index (χ3n) is 3.37. The second-order valence-electron chi connectivity index (χ2n) is 5.21. The number of esters is 1. The Labute approximate surface area is 105 Å². The fourth-order valence-corrected chi connectivity index (χ4v) is 2.42. The molecule has 1 unspecified atom stereocenters. The van der Waals surface area contributed by atoms with Gasteiger partial charge in [0.2, 0.25) is 0 Å². The molecule has 1 atom stereocenters. The number of ether oxygens (including phenoxy) is 1. The van der Waals surface area contributed by atoms with E-state index in [1.54, 1.807) is 0 Å². The normalized spacial score (nSPS) is 18.9. The maximum Gasteiger partial charge on any atom is 0.306 e. The summed E-state index contributed by atoms with van der Waals surface area (Å²) in [5.41, 5.74) is 0. The molecule has 0 bridgehead atoms. The zero-order chi connectivity index (χ0) is 12.5. The van der Waals surface area contributed by atoms with Crippen molar-refractivity contribution in [3.8, 4) is 0 Å². The Morgan fingerprint density at radius 1 is 1.35 bits per heavy atom. The van der Waals surface area contributed by atoms with Crippen LogP contribution in [0.4, 0.5) is 0 Å². The van der Waals surface area contributed by atoms with Crippen LogP contribution in [0.15, 0.2) is 0 Å². The zero-order valence-electron chi connectivity index (χ0n) is 11.3. The highest BCUT2D eigenvalue weighted by molar-refractivity contribution is 5.69. The smallest absolute Gasteiger partial charge is 0.306 e. The summed E-state index contributed by atoms with van der Waals surface area (Å²) in [5, 5.41) is 3.27. The Kier molecular flexibility index (Phi) is 7.25. The Morgan fingerprint density at radius 3 is 2.71 bits per heavy atom. The molecule has 0 aromatic heterocycles. The molecule has 1 fully saturated rings. The van der Waals surface area contributed by atoms with Crippen LogP contribution in [-0.2, 0) is 9.53 Å². The van der Waals surface area contributed by atoms with Gasteiger partial charge in [0, 0.05) is 13.0 Å². The lowest BCUT2D eigenvalue weighted by molar-refractivity contribution is -0.149. The number of carbonyl (C=O) groups excluding carboxylic acids is 1. The van der Waals surface area contributed by atoms with Crippen LogP contribution in [-0.4, -0.2) is 25.2 Å². The first kappa shape index (κ1) is 14.5. The average Bonchev–Trinajstić information content (AvgIpc) is 2.30. The van der Waals surface area contributed by atoms with E-state index in [4.69, 9.17) is 4.74 Å². The molecular weight excluding hydrogens is 214 g/mol. The summed E-state index contributed by atoms with van der Waals surface area (Å²) in [6.45, 7) is 5.85. The van der Waals surface area contributed by atoms with Crippen LogP contribution in [0, 0.1) is 5.92 Å². The molecule has 1 N–H and O–H groups in total. The minimum absolute atomic E-state index is 0.00218. The van der Waals surface area contributed by atoms with Gasteiger partial charge in [0.1, 0.15) is 6.10 Å². The second kappa shape index (κ2) is 8.51. The Bertz CT molecular complexity index is 212. The summed E-state index contributed by atoms with van der Waals surface area (Å²) in [6.07, 6.45) is 8.05. The van der Waals surface area contributed by atoms with Gasteiger partial charge in [0.25, 0.3) is 0 Å².